The van der Waals surface area contributed by atoms with Gasteiger partial charge in [0.15, 0.2) is 0 Å². The van der Waals surface area contributed by atoms with Gasteiger partial charge in [0, 0.05) is 0 Å². The van der Waals surface area contributed by atoms with E-state index in [9.17, 15) is 20.4 Å². The fraction of sp³-hybridized carbons (Fsp3) is 1.00. The zero-order valence-electron chi connectivity index (χ0n) is 6.72. The van der Waals surface area contributed by atoms with Gasteiger partial charge in [0.25, 0.3) is 0 Å². The first kappa shape index (κ1) is 8.44. The summed E-state index contributed by atoms with van der Waals surface area (Å²) in [6.07, 6.45) is -1.67. The van der Waals surface area contributed by atoms with Crippen LogP contribution in [0.3, 0.4) is 0 Å². The molecule has 2 aliphatic rings. The molecule has 0 aromatic carbocycles. The van der Waals surface area contributed by atoms with Crippen molar-refractivity contribution in [2.75, 3.05) is 0 Å². The Bertz CT molecular complexity index is 195. The number of rotatable bonds is 0. The van der Waals surface area contributed by atoms with E-state index in [4.69, 9.17) is 0 Å². The van der Waals surface area contributed by atoms with Crippen LogP contribution in [0.5, 0.6) is 0 Å². The molecule has 2 fully saturated rings. The van der Waals surface area contributed by atoms with Gasteiger partial charge in [-0.3, -0.25) is 0 Å². The lowest BCUT2D eigenvalue weighted by molar-refractivity contribution is -0.180. The van der Waals surface area contributed by atoms with Crippen molar-refractivity contribution in [1.82, 2.24) is 0 Å². The molecule has 0 amide bonds. The minimum atomic E-state index is -1.19. The minimum Gasteiger partial charge on any atom is -0.390 e. The van der Waals surface area contributed by atoms with Gasteiger partial charge in [0.05, 0.1) is 11.7 Å². The van der Waals surface area contributed by atoms with E-state index in [1.807, 2.05) is 0 Å². The van der Waals surface area contributed by atoms with E-state index in [-0.39, 0.29) is 5.92 Å². The van der Waals surface area contributed by atoms with Crippen LogP contribution in [0.2, 0.25) is 0 Å². The molecule has 0 heterocycles. The molecule has 4 N–H and O–H groups in total. The highest BCUT2D eigenvalue weighted by Gasteiger charge is 2.55. The van der Waals surface area contributed by atoms with E-state index < -0.39 is 23.9 Å². The van der Waals surface area contributed by atoms with E-state index in [2.05, 4.69) is 0 Å². The first-order valence-electron chi connectivity index (χ1n) is 4.31. The first-order valence-corrected chi connectivity index (χ1v) is 4.31. The van der Waals surface area contributed by atoms with E-state index in [0.29, 0.717) is 19.3 Å². The third-order valence-electron chi connectivity index (χ3n) is 3.27. The van der Waals surface area contributed by atoms with Crippen LogP contribution in [0.4, 0.5) is 0 Å². The molecule has 0 spiro atoms. The van der Waals surface area contributed by atoms with Crippen LogP contribution in [0.25, 0.3) is 0 Å². The molecule has 4 heteroatoms. The van der Waals surface area contributed by atoms with Gasteiger partial charge in [0.2, 0.25) is 0 Å². The van der Waals surface area contributed by atoms with Crippen LogP contribution in [0.1, 0.15) is 19.3 Å². The molecule has 0 aliphatic heterocycles. The van der Waals surface area contributed by atoms with Crippen LogP contribution >= 0.6 is 0 Å². The Hall–Kier alpha value is -0.160. The fourth-order valence-corrected chi connectivity index (χ4v) is 2.44. The van der Waals surface area contributed by atoms with Gasteiger partial charge in [-0.2, -0.15) is 0 Å². The molecule has 0 saturated heterocycles. The zero-order valence-corrected chi connectivity index (χ0v) is 6.72. The molecule has 2 rings (SSSR count). The summed E-state index contributed by atoms with van der Waals surface area (Å²) in [6.45, 7) is 0. The molecule has 70 valence electrons. The van der Waals surface area contributed by atoms with Gasteiger partial charge in [-0.15, -0.1) is 0 Å². The van der Waals surface area contributed by atoms with Crippen molar-refractivity contribution in [1.29, 1.82) is 0 Å². The normalized spacial score (nSPS) is 59.0. The number of aliphatic hydroxyl groups excluding tert-OH is 3. The van der Waals surface area contributed by atoms with Gasteiger partial charge < -0.3 is 20.4 Å². The van der Waals surface area contributed by atoms with Crippen molar-refractivity contribution >= 4 is 0 Å². The van der Waals surface area contributed by atoms with Crippen molar-refractivity contribution in [3.8, 4) is 0 Å². The Labute approximate surface area is 70.5 Å². The Balaban J connectivity index is 2.25. The van der Waals surface area contributed by atoms with Crippen molar-refractivity contribution in [3.05, 3.63) is 0 Å². The maximum Gasteiger partial charge on any atom is 0.111 e. The molecular formula is C8H14O4. The summed E-state index contributed by atoms with van der Waals surface area (Å²) in [5.74, 6) is -0.0478. The second kappa shape index (κ2) is 2.42. The number of hydrogen-bond acceptors (Lipinski definition) is 4. The van der Waals surface area contributed by atoms with E-state index in [1.54, 1.807) is 0 Å². The average molecular weight is 174 g/mol. The lowest BCUT2D eigenvalue weighted by atomic mass is 9.79. The Morgan fingerprint density at radius 2 is 1.75 bits per heavy atom. The summed E-state index contributed by atoms with van der Waals surface area (Å²) < 4.78 is 0. The fourth-order valence-electron chi connectivity index (χ4n) is 2.44. The molecular weight excluding hydrogens is 160 g/mol. The summed E-state index contributed by atoms with van der Waals surface area (Å²) in [4.78, 5) is 0. The number of hydrogen-bond donors (Lipinski definition) is 4. The summed E-state index contributed by atoms with van der Waals surface area (Å²) in [6, 6.07) is 0. The minimum absolute atomic E-state index is 0.0478. The Kier molecular flexibility index (Phi) is 1.70. The molecule has 12 heavy (non-hydrogen) atoms. The Morgan fingerprint density at radius 3 is 2.42 bits per heavy atom. The molecule has 2 bridgehead atoms. The molecule has 5 atom stereocenters. The smallest absolute Gasteiger partial charge is 0.111 e. The predicted molar refractivity (Wildman–Crippen MR) is 40.3 cm³/mol. The number of aliphatic hydroxyl groups is 4. The third kappa shape index (κ3) is 0.925. The monoisotopic (exact) mass is 174 g/mol. The lowest BCUT2D eigenvalue weighted by Gasteiger charge is -2.39. The van der Waals surface area contributed by atoms with E-state index in [0.717, 1.165) is 0 Å². The van der Waals surface area contributed by atoms with Crippen molar-refractivity contribution in [3.63, 3.8) is 0 Å². The Morgan fingerprint density at radius 1 is 1.08 bits per heavy atom. The summed E-state index contributed by atoms with van der Waals surface area (Å²) in [5, 5.41) is 38.0. The van der Waals surface area contributed by atoms with E-state index >= 15 is 0 Å². The van der Waals surface area contributed by atoms with Gasteiger partial charge in [-0.05, 0) is 25.2 Å². The van der Waals surface area contributed by atoms with Crippen molar-refractivity contribution in [2.24, 2.45) is 5.92 Å². The van der Waals surface area contributed by atoms with Crippen LogP contribution < -0.4 is 0 Å². The molecule has 0 radical (unpaired) electrons. The topological polar surface area (TPSA) is 80.9 Å². The SMILES string of the molecule is OC1C2CCC(O)(C2)C(O)C1O. The van der Waals surface area contributed by atoms with Crippen LogP contribution in [-0.4, -0.2) is 44.3 Å². The lowest BCUT2D eigenvalue weighted by Crippen LogP contribution is -2.56. The predicted octanol–water partition coefficient (Wildman–Crippen LogP) is -1.39. The van der Waals surface area contributed by atoms with E-state index in [1.165, 1.54) is 0 Å². The molecule has 0 aromatic heterocycles. The summed E-state index contributed by atoms with van der Waals surface area (Å²) >= 11 is 0. The second-order valence-electron chi connectivity index (χ2n) is 4.03. The maximum atomic E-state index is 9.76. The van der Waals surface area contributed by atoms with Crippen molar-refractivity contribution in [2.45, 2.75) is 43.2 Å². The standard InChI is InChI=1S/C8H14O4/c9-5-4-1-2-8(12,3-4)7(11)6(5)10/h4-7,9-12H,1-3H2. The first-order chi connectivity index (χ1) is 5.54. The second-order valence-corrected chi connectivity index (χ2v) is 4.03. The average Bonchev–Trinajstić information content (AvgIpc) is 2.41. The molecule has 4 nitrogen and oxygen atoms in total. The highest BCUT2D eigenvalue weighted by atomic mass is 16.4. The third-order valence-corrected chi connectivity index (χ3v) is 3.27. The highest BCUT2D eigenvalue weighted by Crippen LogP contribution is 2.45. The van der Waals surface area contributed by atoms with Gasteiger partial charge in [0.1, 0.15) is 12.2 Å². The molecule has 2 aliphatic carbocycles. The largest absolute Gasteiger partial charge is 0.390 e. The summed E-state index contributed by atoms with van der Waals surface area (Å²) in [7, 11) is 0. The van der Waals surface area contributed by atoms with Crippen LogP contribution in [0, 0.1) is 5.92 Å². The van der Waals surface area contributed by atoms with Gasteiger partial charge >= 0.3 is 0 Å². The van der Waals surface area contributed by atoms with Crippen molar-refractivity contribution < 1.29 is 20.4 Å². The quantitative estimate of drug-likeness (QED) is 0.364. The van der Waals surface area contributed by atoms with Crippen LogP contribution in [-0.2, 0) is 0 Å². The van der Waals surface area contributed by atoms with Gasteiger partial charge in [-0.1, -0.05) is 0 Å². The molecule has 0 aromatic rings. The molecule has 5 unspecified atom stereocenters. The van der Waals surface area contributed by atoms with Gasteiger partial charge in [-0.25, -0.2) is 0 Å². The summed E-state index contributed by atoms with van der Waals surface area (Å²) in [5.41, 5.74) is -1.15. The maximum absolute atomic E-state index is 9.76. The highest BCUT2D eigenvalue weighted by molar-refractivity contribution is 5.06. The number of fused-ring (bicyclic) bond motifs is 2. The van der Waals surface area contributed by atoms with Crippen LogP contribution in [0.15, 0.2) is 0 Å². The zero-order chi connectivity index (χ0) is 8.93. The molecule has 2 saturated carbocycles.